The van der Waals surface area contributed by atoms with E-state index >= 15 is 0 Å². The Balaban J connectivity index is 2.06. The van der Waals surface area contributed by atoms with Gasteiger partial charge in [0.25, 0.3) is 0 Å². The van der Waals surface area contributed by atoms with E-state index in [4.69, 9.17) is 4.52 Å². The van der Waals surface area contributed by atoms with Crippen LogP contribution in [0.1, 0.15) is 16.8 Å². The second-order valence-electron chi connectivity index (χ2n) is 4.64. The molecular formula is C17H13NO2. The van der Waals surface area contributed by atoms with Gasteiger partial charge in [0.1, 0.15) is 5.69 Å². The fourth-order valence-electron chi connectivity index (χ4n) is 2.09. The number of rotatable bonds is 2. The molecule has 0 fully saturated rings. The Morgan fingerprint density at radius 3 is 2.75 bits per heavy atom. The summed E-state index contributed by atoms with van der Waals surface area (Å²) in [5.41, 5.74) is 3.08. The molecule has 3 nitrogen and oxygen atoms in total. The maximum absolute atomic E-state index is 11.8. The number of hydrogen-bond donors (Lipinski definition) is 0. The van der Waals surface area contributed by atoms with Crippen LogP contribution in [0, 0.1) is 6.92 Å². The van der Waals surface area contributed by atoms with Gasteiger partial charge < -0.3 is 4.52 Å². The first-order valence-corrected chi connectivity index (χ1v) is 6.37. The lowest BCUT2D eigenvalue weighted by Gasteiger charge is -1.94. The molecule has 98 valence electrons. The predicted molar refractivity (Wildman–Crippen MR) is 80.4 cm³/mol. The lowest BCUT2D eigenvalue weighted by molar-refractivity contribution is 0.453. The van der Waals surface area contributed by atoms with E-state index in [1.165, 1.54) is 11.6 Å². The Morgan fingerprint density at radius 1 is 1.05 bits per heavy atom. The normalized spacial score (nSPS) is 11.2. The molecule has 1 aromatic heterocycles. The van der Waals surface area contributed by atoms with Gasteiger partial charge in [0.2, 0.25) is 11.0 Å². The largest absolute Gasteiger partial charge is 0.351 e. The summed E-state index contributed by atoms with van der Waals surface area (Å²) < 4.78 is 5.14. The maximum atomic E-state index is 11.8. The van der Waals surface area contributed by atoms with Crippen molar-refractivity contribution in [3.63, 3.8) is 0 Å². The van der Waals surface area contributed by atoms with Crippen molar-refractivity contribution in [2.75, 3.05) is 0 Å². The van der Waals surface area contributed by atoms with E-state index in [0.29, 0.717) is 11.3 Å². The minimum Gasteiger partial charge on any atom is -0.351 e. The van der Waals surface area contributed by atoms with Crippen LogP contribution in [0.5, 0.6) is 0 Å². The van der Waals surface area contributed by atoms with Crippen molar-refractivity contribution in [2.24, 2.45) is 0 Å². The average Bonchev–Trinajstić information content (AvgIpc) is 2.75. The molecule has 2 aromatic carbocycles. The molecule has 0 aliphatic carbocycles. The van der Waals surface area contributed by atoms with Crippen molar-refractivity contribution in [1.82, 2.24) is 5.16 Å². The highest BCUT2D eigenvalue weighted by Crippen LogP contribution is 2.17. The lowest BCUT2D eigenvalue weighted by atomic mass is 10.1. The van der Waals surface area contributed by atoms with Crippen LogP contribution in [0.4, 0.5) is 0 Å². The Labute approximate surface area is 116 Å². The summed E-state index contributed by atoms with van der Waals surface area (Å²) in [7, 11) is 0. The summed E-state index contributed by atoms with van der Waals surface area (Å²) in [6.45, 7) is 2.05. The zero-order valence-corrected chi connectivity index (χ0v) is 11.0. The molecular weight excluding hydrogens is 250 g/mol. The zero-order chi connectivity index (χ0) is 13.9. The SMILES string of the molecule is Cc1cccc(/C=C/c2noc3c(=O)ccccc23)c1. The Kier molecular flexibility index (Phi) is 3.17. The highest BCUT2D eigenvalue weighted by Gasteiger charge is 2.06. The highest BCUT2D eigenvalue weighted by atomic mass is 16.5. The second kappa shape index (κ2) is 5.13. The molecule has 0 aliphatic heterocycles. The predicted octanol–water partition coefficient (Wildman–Crippen LogP) is 3.67. The standard InChI is InChI=1S/C17H13NO2/c1-12-5-4-6-13(11-12)9-10-15-14-7-2-3-8-16(19)17(14)20-18-15/h2-11H,1H3/b10-9+. The lowest BCUT2D eigenvalue weighted by Crippen LogP contribution is -1.91. The first-order valence-electron chi connectivity index (χ1n) is 6.37. The van der Waals surface area contributed by atoms with Crippen LogP contribution >= 0.6 is 0 Å². The van der Waals surface area contributed by atoms with Gasteiger partial charge in [0.05, 0.1) is 5.39 Å². The Morgan fingerprint density at radius 2 is 1.90 bits per heavy atom. The Hall–Kier alpha value is -2.68. The molecule has 20 heavy (non-hydrogen) atoms. The van der Waals surface area contributed by atoms with Crippen LogP contribution in [0.3, 0.4) is 0 Å². The number of hydrogen-bond acceptors (Lipinski definition) is 3. The van der Waals surface area contributed by atoms with E-state index < -0.39 is 0 Å². The first kappa shape index (κ1) is 12.4. The van der Waals surface area contributed by atoms with Crippen LogP contribution in [0.25, 0.3) is 23.1 Å². The van der Waals surface area contributed by atoms with Crippen LogP contribution in [0.2, 0.25) is 0 Å². The molecule has 0 unspecified atom stereocenters. The van der Waals surface area contributed by atoms with Crippen LogP contribution < -0.4 is 5.43 Å². The van der Waals surface area contributed by atoms with Crippen molar-refractivity contribution in [3.05, 3.63) is 75.6 Å². The number of benzene rings is 1. The minimum absolute atomic E-state index is 0.160. The van der Waals surface area contributed by atoms with Crippen LogP contribution in [-0.4, -0.2) is 5.16 Å². The van der Waals surface area contributed by atoms with E-state index in [1.807, 2.05) is 49.4 Å². The summed E-state index contributed by atoms with van der Waals surface area (Å²) in [5, 5.41) is 4.69. The molecule has 0 amide bonds. The van der Waals surface area contributed by atoms with Gasteiger partial charge in [-0.3, -0.25) is 4.79 Å². The number of nitrogens with zero attached hydrogens (tertiary/aromatic N) is 1. The number of aromatic nitrogens is 1. The van der Waals surface area contributed by atoms with Crippen molar-refractivity contribution in [3.8, 4) is 0 Å². The summed E-state index contributed by atoms with van der Waals surface area (Å²) in [6.07, 6.45) is 3.82. The van der Waals surface area contributed by atoms with Gasteiger partial charge in [-0.05, 0) is 30.7 Å². The topological polar surface area (TPSA) is 43.1 Å². The average molecular weight is 263 g/mol. The van der Waals surface area contributed by atoms with Crippen molar-refractivity contribution >= 4 is 23.1 Å². The molecule has 0 spiro atoms. The molecule has 0 atom stereocenters. The van der Waals surface area contributed by atoms with Crippen molar-refractivity contribution in [1.29, 1.82) is 0 Å². The quantitative estimate of drug-likeness (QED) is 0.708. The molecule has 1 heterocycles. The molecule has 0 radical (unpaired) electrons. The monoisotopic (exact) mass is 263 g/mol. The molecule has 0 bridgehead atoms. The van der Waals surface area contributed by atoms with Gasteiger partial charge in [0.15, 0.2) is 0 Å². The molecule has 3 heteroatoms. The smallest absolute Gasteiger partial charge is 0.224 e. The third-order valence-electron chi connectivity index (χ3n) is 3.08. The summed E-state index contributed by atoms with van der Waals surface area (Å²) in [5.74, 6) is 0. The third kappa shape index (κ3) is 2.38. The summed E-state index contributed by atoms with van der Waals surface area (Å²) in [4.78, 5) is 11.8. The van der Waals surface area contributed by atoms with Crippen molar-refractivity contribution < 1.29 is 4.52 Å². The van der Waals surface area contributed by atoms with Gasteiger partial charge in [0, 0.05) is 0 Å². The van der Waals surface area contributed by atoms with Gasteiger partial charge in [-0.15, -0.1) is 0 Å². The zero-order valence-electron chi connectivity index (χ0n) is 11.0. The second-order valence-corrected chi connectivity index (χ2v) is 4.64. The molecule has 3 rings (SSSR count). The van der Waals surface area contributed by atoms with E-state index in [1.54, 1.807) is 6.07 Å². The molecule has 0 aliphatic rings. The fraction of sp³-hybridized carbons (Fsp3) is 0.0588. The fourth-order valence-corrected chi connectivity index (χ4v) is 2.09. The first-order chi connectivity index (χ1) is 9.74. The van der Waals surface area contributed by atoms with E-state index in [-0.39, 0.29) is 5.43 Å². The van der Waals surface area contributed by atoms with E-state index in [9.17, 15) is 4.79 Å². The summed E-state index contributed by atoms with van der Waals surface area (Å²) >= 11 is 0. The molecule has 0 saturated heterocycles. The molecule has 3 aromatic rings. The van der Waals surface area contributed by atoms with Crippen LogP contribution in [0.15, 0.2) is 57.8 Å². The molecule has 0 saturated carbocycles. The van der Waals surface area contributed by atoms with Gasteiger partial charge in [-0.2, -0.15) is 0 Å². The van der Waals surface area contributed by atoms with Gasteiger partial charge >= 0.3 is 0 Å². The third-order valence-corrected chi connectivity index (χ3v) is 3.08. The number of fused-ring (bicyclic) bond motifs is 1. The van der Waals surface area contributed by atoms with Crippen molar-refractivity contribution in [2.45, 2.75) is 6.92 Å². The van der Waals surface area contributed by atoms with E-state index in [0.717, 1.165) is 10.9 Å². The molecule has 0 N–H and O–H groups in total. The maximum Gasteiger partial charge on any atom is 0.224 e. The highest BCUT2D eigenvalue weighted by molar-refractivity contribution is 5.87. The van der Waals surface area contributed by atoms with E-state index in [2.05, 4.69) is 11.2 Å². The van der Waals surface area contributed by atoms with Gasteiger partial charge in [-0.1, -0.05) is 53.2 Å². The summed E-state index contributed by atoms with van der Waals surface area (Å²) in [6, 6.07) is 15.0. The Bertz CT molecular complexity index is 847. The van der Waals surface area contributed by atoms with Crippen LogP contribution in [-0.2, 0) is 0 Å². The minimum atomic E-state index is -0.160. The number of aryl methyl sites for hydroxylation is 1. The van der Waals surface area contributed by atoms with Gasteiger partial charge in [-0.25, -0.2) is 0 Å².